The zero-order chi connectivity index (χ0) is 20.4. The molecule has 6 nitrogen and oxygen atoms in total. The molecule has 1 saturated carbocycles. The van der Waals surface area contributed by atoms with Gasteiger partial charge in [0.15, 0.2) is 5.96 Å². The van der Waals surface area contributed by atoms with E-state index in [9.17, 15) is 13.6 Å². The first-order valence-corrected chi connectivity index (χ1v) is 9.76. The summed E-state index contributed by atoms with van der Waals surface area (Å²) in [5.74, 6) is 0.659. The van der Waals surface area contributed by atoms with Gasteiger partial charge in [0.05, 0.1) is 0 Å². The summed E-state index contributed by atoms with van der Waals surface area (Å²) in [6.45, 7) is -0.279. The minimum atomic E-state index is -2.87. The molecule has 0 saturated heterocycles. The first kappa shape index (κ1) is 25.4. The normalized spacial score (nSPS) is 14.9. The van der Waals surface area contributed by atoms with Crippen molar-refractivity contribution in [3.63, 3.8) is 0 Å². The summed E-state index contributed by atoms with van der Waals surface area (Å²) in [6.07, 6.45) is 6.07. The summed E-state index contributed by atoms with van der Waals surface area (Å²) < 4.78 is 29.7. The van der Waals surface area contributed by atoms with Gasteiger partial charge in [-0.1, -0.05) is 37.0 Å². The highest BCUT2D eigenvalue weighted by Gasteiger charge is 2.15. The molecular formula is C20H31F2IN4O2. The van der Waals surface area contributed by atoms with E-state index in [0.29, 0.717) is 30.5 Å². The molecule has 164 valence electrons. The molecule has 0 spiro atoms. The van der Waals surface area contributed by atoms with Gasteiger partial charge in [0, 0.05) is 38.2 Å². The third-order valence-corrected chi connectivity index (χ3v) is 4.72. The standard InChI is InChI=1S/C20H30F2N4O2.HI/c1-14-8-9-17(28-19(21)22)15(12-14)13-25-20(23-2)24-11-10-18(27)26-16-6-4-3-5-7-16;/h8-9,12,16,19H,3-7,10-11,13H2,1-2H3,(H,26,27)(H2,23,24,25);1H. The van der Waals surface area contributed by atoms with Gasteiger partial charge in [-0.15, -0.1) is 24.0 Å². The van der Waals surface area contributed by atoms with Crippen LogP contribution in [-0.2, 0) is 11.3 Å². The molecular weight excluding hydrogens is 493 g/mol. The fraction of sp³-hybridized carbons (Fsp3) is 0.600. The Kier molecular flexibility index (Phi) is 11.9. The second kappa shape index (κ2) is 13.6. The Morgan fingerprint density at radius 2 is 1.97 bits per heavy atom. The lowest BCUT2D eigenvalue weighted by Gasteiger charge is -2.22. The summed E-state index contributed by atoms with van der Waals surface area (Å²) in [7, 11) is 1.62. The zero-order valence-corrected chi connectivity index (χ0v) is 19.3. The van der Waals surface area contributed by atoms with Crippen LogP contribution in [0.25, 0.3) is 0 Å². The van der Waals surface area contributed by atoms with Gasteiger partial charge in [-0.05, 0) is 25.8 Å². The number of amides is 1. The minimum Gasteiger partial charge on any atom is -0.434 e. The van der Waals surface area contributed by atoms with Gasteiger partial charge in [0.2, 0.25) is 5.91 Å². The molecule has 0 heterocycles. The Morgan fingerprint density at radius 1 is 1.24 bits per heavy atom. The largest absolute Gasteiger partial charge is 0.434 e. The van der Waals surface area contributed by atoms with E-state index in [-0.39, 0.29) is 42.2 Å². The highest BCUT2D eigenvalue weighted by Crippen LogP contribution is 2.22. The van der Waals surface area contributed by atoms with Crippen molar-refractivity contribution in [3.8, 4) is 5.75 Å². The average Bonchev–Trinajstić information content (AvgIpc) is 2.66. The number of nitrogens with one attached hydrogen (secondary N) is 3. The van der Waals surface area contributed by atoms with Gasteiger partial charge in [0.25, 0.3) is 0 Å². The van der Waals surface area contributed by atoms with Gasteiger partial charge in [0.1, 0.15) is 5.75 Å². The lowest BCUT2D eigenvalue weighted by Crippen LogP contribution is -2.41. The maximum absolute atomic E-state index is 12.6. The third-order valence-electron chi connectivity index (χ3n) is 4.72. The van der Waals surface area contributed by atoms with Crippen molar-refractivity contribution >= 4 is 35.8 Å². The Hall–Kier alpha value is -1.65. The predicted molar refractivity (Wildman–Crippen MR) is 121 cm³/mol. The number of carbonyl (C=O) groups is 1. The van der Waals surface area contributed by atoms with Gasteiger partial charge in [-0.25, -0.2) is 0 Å². The summed E-state index contributed by atoms with van der Waals surface area (Å²) in [5.41, 5.74) is 1.55. The van der Waals surface area contributed by atoms with Crippen LogP contribution in [0.4, 0.5) is 8.78 Å². The number of benzene rings is 1. The van der Waals surface area contributed by atoms with Crippen LogP contribution >= 0.6 is 24.0 Å². The lowest BCUT2D eigenvalue weighted by molar-refractivity contribution is -0.121. The topological polar surface area (TPSA) is 74.8 Å². The zero-order valence-electron chi connectivity index (χ0n) is 17.0. The quantitative estimate of drug-likeness (QED) is 0.276. The number of aryl methyl sites for hydroxylation is 1. The number of guanidine groups is 1. The van der Waals surface area contributed by atoms with Crippen molar-refractivity contribution in [3.05, 3.63) is 29.3 Å². The van der Waals surface area contributed by atoms with Gasteiger partial charge in [-0.3, -0.25) is 9.79 Å². The molecule has 1 aliphatic carbocycles. The Balaban J connectivity index is 0.00000420. The maximum atomic E-state index is 12.6. The molecule has 1 amide bonds. The third kappa shape index (κ3) is 9.60. The molecule has 0 aliphatic heterocycles. The molecule has 29 heavy (non-hydrogen) atoms. The second-order valence-corrected chi connectivity index (χ2v) is 6.99. The van der Waals surface area contributed by atoms with Crippen LogP contribution in [0.3, 0.4) is 0 Å². The summed E-state index contributed by atoms with van der Waals surface area (Å²) in [5, 5.41) is 9.21. The molecule has 1 aliphatic rings. The summed E-state index contributed by atoms with van der Waals surface area (Å²) in [6, 6.07) is 5.34. The average molecular weight is 524 g/mol. The smallest absolute Gasteiger partial charge is 0.387 e. The van der Waals surface area contributed by atoms with Gasteiger partial charge >= 0.3 is 6.61 Å². The molecule has 0 aromatic heterocycles. The number of rotatable bonds is 8. The van der Waals surface area contributed by atoms with E-state index < -0.39 is 6.61 Å². The van der Waals surface area contributed by atoms with Crippen molar-refractivity contribution < 1.29 is 18.3 Å². The van der Waals surface area contributed by atoms with Gasteiger partial charge in [-0.2, -0.15) is 8.78 Å². The fourth-order valence-electron chi connectivity index (χ4n) is 3.30. The monoisotopic (exact) mass is 524 g/mol. The van der Waals surface area contributed by atoms with Crippen LogP contribution in [-0.4, -0.2) is 38.1 Å². The molecule has 1 aromatic rings. The maximum Gasteiger partial charge on any atom is 0.387 e. The van der Waals surface area contributed by atoms with Crippen molar-refractivity contribution in [1.82, 2.24) is 16.0 Å². The van der Waals surface area contributed by atoms with E-state index in [4.69, 9.17) is 0 Å². The number of hydrogen-bond donors (Lipinski definition) is 3. The number of ether oxygens (including phenoxy) is 1. The predicted octanol–water partition coefficient (Wildman–Crippen LogP) is 3.72. The Labute approximate surface area is 188 Å². The van der Waals surface area contributed by atoms with Crippen LogP contribution in [0, 0.1) is 6.92 Å². The molecule has 1 fully saturated rings. The first-order chi connectivity index (χ1) is 13.5. The number of aliphatic imine (C=N–C) groups is 1. The number of halogens is 3. The Bertz CT molecular complexity index is 668. The van der Waals surface area contributed by atoms with Crippen LogP contribution in [0.2, 0.25) is 0 Å². The molecule has 0 unspecified atom stereocenters. The number of nitrogens with zero attached hydrogens (tertiary/aromatic N) is 1. The van der Waals surface area contributed by atoms with Crippen molar-refractivity contribution in [1.29, 1.82) is 0 Å². The number of carbonyl (C=O) groups excluding carboxylic acids is 1. The van der Waals surface area contributed by atoms with E-state index in [1.54, 1.807) is 19.2 Å². The van der Waals surface area contributed by atoms with Crippen LogP contribution in [0.5, 0.6) is 5.75 Å². The molecule has 3 N–H and O–H groups in total. The highest BCUT2D eigenvalue weighted by atomic mass is 127. The van der Waals surface area contributed by atoms with Crippen molar-refractivity contribution in [2.45, 2.75) is 64.6 Å². The van der Waals surface area contributed by atoms with Crippen LogP contribution < -0.4 is 20.7 Å². The fourth-order valence-corrected chi connectivity index (χ4v) is 3.30. The van der Waals surface area contributed by atoms with E-state index in [0.717, 1.165) is 18.4 Å². The SMILES string of the molecule is CN=C(NCCC(=O)NC1CCCCC1)NCc1cc(C)ccc1OC(F)F.I. The first-order valence-electron chi connectivity index (χ1n) is 9.76. The molecule has 0 atom stereocenters. The van der Waals surface area contributed by atoms with Gasteiger partial charge < -0.3 is 20.7 Å². The van der Waals surface area contributed by atoms with Crippen LogP contribution in [0.1, 0.15) is 49.7 Å². The van der Waals surface area contributed by atoms with E-state index in [2.05, 4.69) is 25.7 Å². The lowest BCUT2D eigenvalue weighted by atomic mass is 9.95. The number of alkyl halides is 2. The van der Waals surface area contributed by atoms with Crippen molar-refractivity contribution in [2.24, 2.45) is 4.99 Å². The molecule has 2 rings (SSSR count). The van der Waals surface area contributed by atoms with E-state index in [1.807, 2.05) is 6.92 Å². The summed E-state index contributed by atoms with van der Waals surface area (Å²) in [4.78, 5) is 16.1. The summed E-state index contributed by atoms with van der Waals surface area (Å²) >= 11 is 0. The molecule has 0 radical (unpaired) electrons. The molecule has 9 heteroatoms. The van der Waals surface area contributed by atoms with Crippen LogP contribution in [0.15, 0.2) is 23.2 Å². The van der Waals surface area contributed by atoms with Crippen molar-refractivity contribution in [2.75, 3.05) is 13.6 Å². The highest BCUT2D eigenvalue weighted by molar-refractivity contribution is 14.0. The Morgan fingerprint density at radius 3 is 2.62 bits per heavy atom. The van der Waals surface area contributed by atoms with E-state index in [1.165, 1.54) is 25.3 Å². The van der Waals surface area contributed by atoms with E-state index >= 15 is 0 Å². The molecule has 0 bridgehead atoms. The number of hydrogen-bond acceptors (Lipinski definition) is 3. The second-order valence-electron chi connectivity index (χ2n) is 6.99. The minimum absolute atomic E-state index is 0. The molecule has 1 aromatic carbocycles.